The number of fused-ring (bicyclic) bond motifs is 2. The number of hydrogen-bond acceptors (Lipinski definition) is 8. The molecule has 2 aliphatic heterocycles. The van der Waals surface area contributed by atoms with Gasteiger partial charge in [-0.05, 0) is 30.3 Å². The van der Waals surface area contributed by atoms with Gasteiger partial charge in [0.2, 0.25) is 11.8 Å². The molecule has 1 aromatic heterocycles. The molecule has 12 heteroatoms. The summed E-state index contributed by atoms with van der Waals surface area (Å²) in [5, 5.41) is 21.5. The number of rotatable bonds is 3. The number of phenols is 1. The van der Waals surface area contributed by atoms with E-state index in [1.165, 1.54) is 12.1 Å². The summed E-state index contributed by atoms with van der Waals surface area (Å²) >= 11 is 5.29. The molecule has 2 amide bonds. The first kappa shape index (κ1) is 20.9. The minimum Gasteiger partial charge on any atom is -0.508 e. The van der Waals surface area contributed by atoms with Gasteiger partial charge in [0, 0.05) is 33.0 Å². The third kappa shape index (κ3) is 3.17. The minimum atomic E-state index is -0.942. The maximum Gasteiger partial charge on any atom is 0.305 e. The van der Waals surface area contributed by atoms with Crippen LogP contribution in [0.25, 0.3) is 0 Å². The Morgan fingerprint density at radius 1 is 1.09 bits per heavy atom. The Balaban J connectivity index is 1.69. The molecule has 3 atom stereocenters. The number of anilines is 1. The Morgan fingerprint density at radius 2 is 1.81 bits per heavy atom. The molecule has 5 rings (SSSR count). The maximum absolute atomic E-state index is 13.5. The zero-order chi connectivity index (χ0) is 22.7. The predicted molar refractivity (Wildman–Crippen MR) is 121 cm³/mol. The molecule has 2 aliphatic rings. The number of thioether (sulfide) groups is 1. The van der Waals surface area contributed by atoms with Gasteiger partial charge < -0.3 is 10.1 Å². The van der Waals surface area contributed by atoms with Crippen LogP contribution in [0.3, 0.4) is 0 Å². The number of H-pyrrole nitrogens is 1. The summed E-state index contributed by atoms with van der Waals surface area (Å²) in [6.07, 6.45) is 0. The second kappa shape index (κ2) is 7.57. The Morgan fingerprint density at radius 3 is 2.50 bits per heavy atom. The zero-order valence-electron chi connectivity index (χ0n) is 15.9. The lowest BCUT2D eigenvalue weighted by atomic mass is 9.82. The van der Waals surface area contributed by atoms with Gasteiger partial charge in [-0.1, -0.05) is 39.0 Å². The number of hydrogen-bond donors (Lipinski definition) is 2. The zero-order valence-corrected chi connectivity index (χ0v) is 19.1. The molecule has 0 spiro atoms. The van der Waals surface area contributed by atoms with Crippen molar-refractivity contribution < 1.29 is 19.6 Å². The quantitative estimate of drug-likeness (QED) is 0.298. The van der Waals surface area contributed by atoms with Crippen LogP contribution < -0.4 is 9.77 Å². The van der Waals surface area contributed by atoms with Crippen LogP contribution in [0.1, 0.15) is 16.4 Å². The molecule has 1 saturated heterocycles. The highest BCUT2D eigenvalue weighted by molar-refractivity contribution is 9.10. The number of aromatic hydroxyl groups is 1. The number of halogens is 1. The van der Waals surface area contributed by atoms with Crippen molar-refractivity contribution in [3.63, 3.8) is 0 Å². The number of nitro benzene ring substituents is 1. The fourth-order valence-corrected chi connectivity index (χ4v) is 6.87. The van der Waals surface area contributed by atoms with E-state index in [2.05, 4.69) is 20.9 Å². The van der Waals surface area contributed by atoms with Gasteiger partial charge in [-0.15, -0.1) is 0 Å². The van der Waals surface area contributed by atoms with E-state index in [-0.39, 0.29) is 21.9 Å². The highest BCUT2D eigenvalue weighted by Crippen LogP contribution is 2.54. The number of nitrogens with one attached hydrogen (secondary N) is 1. The molecule has 0 unspecified atom stereocenters. The molecule has 0 saturated carbocycles. The Labute approximate surface area is 196 Å². The number of benzene rings is 2. The molecular weight excluding hydrogens is 522 g/mol. The highest BCUT2D eigenvalue weighted by Gasteiger charge is 2.56. The van der Waals surface area contributed by atoms with Crippen LogP contribution in [-0.2, 0) is 9.59 Å². The van der Waals surface area contributed by atoms with Crippen molar-refractivity contribution in [1.29, 1.82) is 0 Å². The average Bonchev–Trinajstić information content (AvgIpc) is 3.24. The van der Waals surface area contributed by atoms with Gasteiger partial charge >= 0.3 is 4.87 Å². The van der Waals surface area contributed by atoms with Gasteiger partial charge in [-0.3, -0.25) is 24.5 Å². The molecular formula is C20H12BrN3O6S2. The van der Waals surface area contributed by atoms with Crippen molar-refractivity contribution in [2.24, 2.45) is 5.92 Å². The number of carbonyl (C=O) groups excluding carboxylic acids is 2. The summed E-state index contributed by atoms with van der Waals surface area (Å²) in [5.74, 6) is -3.02. The van der Waals surface area contributed by atoms with Crippen molar-refractivity contribution >= 4 is 62.2 Å². The SMILES string of the molecule is O=C1[C@H]2[C@@H](c3cc([N+](=O)[O-])ccc3O)c3sc(=O)[nH]c3S[C@@H]2C(=O)N1c1ccc(Br)cc1. The number of aromatic amines is 1. The van der Waals surface area contributed by atoms with E-state index < -0.39 is 33.8 Å². The maximum atomic E-state index is 13.5. The van der Waals surface area contributed by atoms with Gasteiger partial charge in [0.25, 0.3) is 5.69 Å². The number of amides is 2. The molecule has 0 aliphatic carbocycles. The van der Waals surface area contributed by atoms with E-state index in [1.54, 1.807) is 24.3 Å². The Bertz CT molecular complexity index is 1350. The smallest absolute Gasteiger partial charge is 0.305 e. The van der Waals surface area contributed by atoms with Crippen molar-refractivity contribution in [3.05, 3.63) is 77.2 Å². The van der Waals surface area contributed by atoms with Crippen molar-refractivity contribution in [1.82, 2.24) is 4.98 Å². The summed E-state index contributed by atoms with van der Waals surface area (Å²) in [7, 11) is 0. The predicted octanol–water partition coefficient (Wildman–Crippen LogP) is 3.61. The summed E-state index contributed by atoms with van der Waals surface area (Å²) in [6.45, 7) is 0. The first-order valence-electron chi connectivity index (χ1n) is 9.26. The number of aromatic nitrogens is 1. The molecule has 1 fully saturated rings. The standard InChI is InChI=1S/C20H12BrN3O6S2/c21-8-1-3-9(4-2-8)23-18(26)14-13(11-7-10(24(29)30)5-6-12(11)25)15-17(22-20(28)32-15)31-16(14)19(23)27/h1-7,13-14,16,25H,(H,22,28)/t13-,14+,16+/m1/s1. The highest BCUT2D eigenvalue weighted by atomic mass is 79.9. The fourth-order valence-electron chi connectivity index (χ4n) is 4.10. The van der Waals surface area contributed by atoms with Crippen molar-refractivity contribution in [2.75, 3.05) is 4.90 Å². The van der Waals surface area contributed by atoms with Crippen molar-refractivity contribution in [2.45, 2.75) is 16.2 Å². The molecule has 2 aromatic carbocycles. The summed E-state index contributed by atoms with van der Waals surface area (Å²) in [4.78, 5) is 53.6. The van der Waals surface area contributed by atoms with E-state index in [1.807, 2.05) is 0 Å². The van der Waals surface area contributed by atoms with Crippen LogP contribution >= 0.6 is 39.0 Å². The van der Waals surface area contributed by atoms with E-state index in [0.717, 1.165) is 38.5 Å². The second-order valence-corrected chi connectivity index (χ2v) is 10.3. The molecule has 0 bridgehead atoms. The monoisotopic (exact) mass is 533 g/mol. The van der Waals surface area contributed by atoms with Crippen LogP contribution in [0.2, 0.25) is 0 Å². The molecule has 2 N–H and O–H groups in total. The van der Waals surface area contributed by atoms with Gasteiger partial charge in [-0.2, -0.15) is 0 Å². The molecule has 3 aromatic rings. The lowest BCUT2D eigenvalue weighted by molar-refractivity contribution is -0.385. The van der Waals surface area contributed by atoms with Gasteiger partial charge in [0.1, 0.15) is 11.0 Å². The Hall–Kier alpha value is -2.96. The van der Waals surface area contributed by atoms with Gasteiger partial charge in [0.15, 0.2) is 0 Å². The summed E-state index contributed by atoms with van der Waals surface area (Å²) in [6, 6.07) is 10.2. The first-order valence-corrected chi connectivity index (χ1v) is 11.8. The summed E-state index contributed by atoms with van der Waals surface area (Å²) in [5.41, 5.74) is 0.264. The number of imide groups is 1. The van der Waals surface area contributed by atoms with Crippen LogP contribution in [0, 0.1) is 16.0 Å². The molecule has 162 valence electrons. The van der Waals surface area contributed by atoms with E-state index in [4.69, 9.17) is 0 Å². The largest absolute Gasteiger partial charge is 0.508 e. The lowest BCUT2D eigenvalue weighted by Gasteiger charge is -2.30. The van der Waals surface area contributed by atoms with Gasteiger partial charge in [-0.25, -0.2) is 4.90 Å². The number of nitro groups is 1. The number of phenolic OH excluding ortho intramolecular Hbond substituents is 1. The first-order chi connectivity index (χ1) is 15.3. The van der Waals surface area contributed by atoms with Crippen LogP contribution in [0.15, 0.2) is 56.8 Å². The second-order valence-electron chi connectivity index (χ2n) is 7.24. The van der Waals surface area contributed by atoms with Crippen molar-refractivity contribution in [3.8, 4) is 5.75 Å². The number of non-ortho nitro benzene ring substituents is 1. The number of nitrogens with zero attached hydrogens (tertiary/aromatic N) is 2. The van der Waals surface area contributed by atoms with E-state index in [9.17, 15) is 29.6 Å². The normalized spacial score (nSPS) is 22.0. The number of carbonyl (C=O) groups is 2. The van der Waals surface area contributed by atoms with E-state index in [0.29, 0.717) is 15.6 Å². The minimum absolute atomic E-state index is 0.129. The third-order valence-electron chi connectivity index (χ3n) is 5.47. The van der Waals surface area contributed by atoms with Gasteiger partial charge in [0.05, 0.1) is 21.6 Å². The molecule has 9 nitrogen and oxygen atoms in total. The third-order valence-corrected chi connectivity index (χ3v) is 8.40. The molecule has 32 heavy (non-hydrogen) atoms. The lowest BCUT2D eigenvalue weighted by Crippen LogP contribution is -2.32. The van der Waals surface area contributed by atoms with Crippen LogP contribution in [-0.4, -0.2) is 32.1 Å². The van der Waals surface area contributed by atoms with Crippen LogP contribution in [0.4, 0.5) is 11.4 Å². The average molecular weight is 534 g/mol. The number of thiazole rings is 1. The topological polar surface area (TPSA) is 134 Å². The fraction of sp³-hybridized carbons (Fsp3) is 0.150. The summed E-state index contributed by atoms with van der Waals surface area (Å²) < 4.78 is 0.784. The van der Waals surface area contributed by atoms with Crippen LogP contribution in [0.5, 0.6) is 5.75 Å². The molecule has 0 radical (unpaired) electrons. The Kier molecular flexibility index (Phi) is 4.95. The molecule has 3 heterocycles. The van der Waals surface area contributed by atoms with E-state index >= 15 is 0 Å².